The smallest absolute Gasteiger partial charge is 0.369 e. The molecule has 0 aliphatic carbocycles. The lowest BCUT2D eigenvalue weighted by Gasteiger charge is -2.41. The maximum absolute atomic E-state index is 12.6. The van der Waals surface area contributed by atoms with Crippen molar-refractivity contribution in [3.05, 3.63) is 48.0 Å². The standard InChI is InChI=1S/C19H18O9/c1-11(20)26-19(16(22)27-18(2,3)28-17(19)23)13-9-10-14(24-13)25-15(21)12-7-5-4-6-8-12/h4-10,13-14H,1-3H3/t13-,14-/m0/s1. The SMILES string of the molecule is CC(=O)OC1([C@@H]2C=C[C@H](OC(=O)c3ccccc3)O2)C(=O)OC(C)(C)OC1=O. The molecule has 1 aromatic rings. The molecule has 1 saturated heterocycles. The third kappa shape index (κ3) is 3.61. The highest BCUT2D eigenvalue weighted by molar-refractivity contribution is 6.08. The van der Waals surface area contributed by atoms with Gasteiger partial charge in [0.15, 0.2) is 0 Å². The lowest BCUT2D eigenvalue weighted by atomic mass is 9.94. The molecule has 0 saturated carbocycles. The Hall–Kier alpha value is -3.20. The summed E-state index contributed by atoms with van der Waals surface area (Å²) in [6.45, 7) is 3.74. The summed E-state index contributed by atoms with van der Waals surface area (Å²) in [5, 5.41) is 0. The molecule has 0 aromatic heterocycles. The Morgan fingerprint density at radius 2 is 1.61 bits per heavy atom. The van der Waals surface area contributed by atoms with Crippen LogP contribution in [0.15, 0.2) is 42.5 Å². The van der Waals surface area contributed by atoms with Crippen molar-refractivity contribution in [2.75, 3.05) is 0 Å². The minimum absolute atomic E-state index is 0.288. The molecule has 9 nitrogen and oxygen atoms in total. The van der Waals surface area contributed by atoms with Crippen LogP contribution in [-0.2, 0) is 38.1 Å². The van der Waals surface area contributed by atoms with E-state index in [0.717, 1.165) is 6.92 Å². The topological polar surface area (TPSA) is 114 Å². The Balaban J connectivity index is 1.79. The van der Waals surface area contributed by atoms with E-state index in [-0.39, 0.29) is 5.56 Å². The van der Waals surface area contributed by atoms with E-state index >= 15 is 0 Å². The zero-order valence-corrected chi connectivity index (χ0v) is 15.4. The third-order valence-corrected chi connectivity index (χ3v) is 3.95. The molecule has 9 heteroatoms. The normalized spacial score (nSPS) is 24.8. The molecule has 0 radical (unpaired) electrons. The number of carbonyl (C=O) groups is 4. The van der Waals surface area contributed by atoms with Crippen LogP contribution in [0.1, 0.15) is 31.1 Å². The zero-order chi connectivity index (χ0) is 20.5. The molecule has 2 heterocycles. The van der Waals surface area contributed by atoms with Gasteiger partial charge in [-0.15, -0.1) is 0 Å². The highest BCUT2D eigenvalue weighted by atomic mass is 16.8. The first-order chi connectivity index (χ1) is 13.1. The number of cyclic esters (lactones) is 2. The summed E-state index contributed by atoms with van der Waals surface area (Å²) in [7, 11) is 0. The van der Waals surface area contributed by atoms with Gasteiger partial charge in [0.05, 0.1) is 5.56 Å². The number of ether oxygens (including phenoxy) is 5. The molecule has 0 spiro atoms. The van der Waals surface area contributed by atoms with E-state index < -0.39 is 47.7 Å². The molecule has 28 heavy (non-hydrogen) atoms. The lowest BCUT2D eigenvalue weighted by Crippen LogP contribution is -2.66. The van der Waals surface area contributed by atoms with Crippen molar-refractivity contribution in [3.63, 3.8) is 0 Å². The zero-order valence-electron chi connectivity index (χ0n) is 15.4. The molecule has 2 atom stereocenters. The number of esters is 4. The van der Waals surface area contributed by atoms with Crippen LogP contribution < -0.4 is 0 Å². The Morgan fingerprint density at radius 1 is 1.00 bits per heavy atom. The number of rotatable bonds is 4. The molecule has 0 unspecified atom stereocenters. The first-order valence-corrected chi connectivity index (χ1v) is 8.40. The summed E-state index contributed by atoms with van der Waals surface area (Å²) in [5.74, 6) is -5.41. The van der Waals surface area contributed by atoms with Crippen molar-refractivity contribution < 1.29 is 42.9 Å². The van der Waals surface area contributed by atoms with Crippen LogP contribution in [0, 0.1) is 0 Å². The Kier molecular flexibility index (Phi) is 4.95. The van der Waals surface area contributed by atoms with E-state index in [4.69, 9.17) is 23.7 Å². The molecule has 0 bridgehead atoms. The van der Waals surface area contributed by atoms with Crippen LogP contribution in [-0.4, -0.2) is 47.7 Å². The van der Waals surface area contributed by atoms with Crippen LogP contribution in [0.2, 0.25) is 0 Å². The van der Waals surface area contributed by atoms with Crippen molar-refractivity contribution in [2.24, 2.45) is 0 Å². The Morgan fingerprint density at radius 3 is 2.18 bits per heavy atom. The molecule has 0 N–H and O–H groups in total. The average molecular weight is 390 g/mol. The van der Waals surface area contributed by atoms with Crippen molar-refractivity contribution in [2.45, 2.75) is 44.6 Å². The first-order valence-electron chi connectivity index (χ1n) is 8.40. The third-order valence-electron chi connectivity index (χ3n) is 3.95. The van der Waals surface area contributed by atoms with Crippen molar-refractivity contribution in [3.8, 4) is 0 Å². The van der Waals surface area contributed by atoms with Crippen LogP contribution in [0.3, 0.4) is 0 Å². The van der Waals surface area contributed by atoms with Crippen LogP contribution >= 0.6 is 0 Å². The predicted molar refractivity (Wildman–Crippen MR) is 90.4 cm³/mol. The molecule has 0 amide bonds. The molecule has 1 aromatic carbocycles. The summed E-state index contributed by atoms with van der Waals surface area (Å²) in [6, 6.07) is 8.17. The molecule has 2 aliphatic heterocycles. The molecular formula is C19H18O9. The van der Waals surface area contributed by atoms with Crippen molar-refractivity contribution in [1.82, 2.24) is 0 Å². The van der Waals surface area contributed by atoms with Crippen LogP contribution in [0.25, 0.3) is 0 Å². The maximum Gasteiger partial charge on any atom is 0.369 e. The van der Waals surface area contributed by atoms with Gasteiger partial charge in [-0.25, -0.2) is 14.4 Å². The predicted octanol–water partition coefficient (Wildman–Crippen LogP) is 1.26. The van der Waals surface area contributed by atoms with E-state index in [9.17, 15) is 19.2 Å². The monoisotopic (exact) mass is 390 g/mol. The highest BCUT2D eigenvalue weighted by Gasteiger charge is 2.65. The minimum atomic E-state index is -2.49. The Labute approximate surface area is 160 Å². The number of benzene rings is 1. The van der Waals surface area contributed by atoms with Gasteiger partial charge >= 0.3 is 29.5 Å². The van der Waals surface area contributed by atoms with Crippen LogP contribution in [0.5, 0.6) is 0 Å². The number of hydrogen-bond acceptors (Lipinski definition) is 9. The molecular weight excluding hydrogens is 372 g/mol. The van der Waals surface area contributed by atoms with Gasteiger partial charge in [-0.2, -0.15) is 0 Å². The molecule has 1 fully saturated rings. The summed E-state index contributed by atoms with van der Waals surface area (Å²) in [5.41, 5.74) is -2.21. The fourth-order valence-corrected chi connectivity index (χ4v) is 2.78. The van der Waals surface area contributed by atoms with Gasteiger partial charge < -0.3 is 23.7 Å². The average Bonchev–Trinajstić information content (AvgIpc) is 3.06. The van der Waals surface area contributed by atoms with Gasteiger partial charge in [0.25, 0.3) is 5.79 Å². The first kappa shape index (κ1) is 19.6. The molecule has 2 aliphatic rings. The quantitative estimate of drug-likeness (QED) is 0.324. The summed E-state index contributed by atoms with van der Waals surface area (Å²) in [4.78, 5) is 48.9. The van der Waals surface area contributed by atoms with E-state index in [1.165, 1.54) is 26.0 Å². The van der Waals surface area contributed by atoms with Crippen molar-refractivity contribution >= 4 is 23.9 Å². The van der Waals surface area contributed by atoms with Crippen molar-refractivity contribution in [1.29, 1.82) is 0 Å². The van der Waals surface area contributed by atoms with Gasteiger partial charge in [-0.05, 0) is 24.3 Å². The van der Waals surface area contributed by atoms with Gasteiger partial charge in [0.2, 0.25) is 6.29 Å². The van der Waals surface area contributed by atoms with Gasteiger partial charge in [-0.1, -0.05) is 18.2 Å². The van der Waals surface area contributed by atoms with E-state index in [0.29, 0.717) is 0 Å². The summed E-state index contributed by atoms with van der Waals surface area (Å²) >= 11 is 0. The van der Waals surface area contributed by atoms with E-state index in [2.05, 4.69) is 0 Å². The maximum atomic E-state index is 12.6. The Bertz CT molecular complexity index is 820. The second-order valence-electron chi connectivity index (χ2n) is 6.59. The molecule has 148 valence electrons. The van der Waals surface area contributed by atoms with E-state index in [1.807, 2.05) is 0 Å². The summed E-state index contributed by atoms with van der Waals surface area (Å²) < 4.78 is 25.8. The second kappa shape index (κ2) is 7.08. The minimum Gasteiger partial charge on any atom is -0.432 e. The summed E-state index contributed by atoms with van der Waals surface area (Å²) in [6.07, 6.45) is -0.0224. The highest BCUT2D eigenvalue weighted by Crippen LogP contribution is 2.36. The van der Waals surface area contributed by atoms with Gasteiger partial charge in [0, 0.05) is 20.8 Å². The number of carbonyl (C=O) groups excluding carboxylic acids is 4. The fourth-order valence-electron chi connectivity index (χ4n) is 2.78. The lowest BCUT2D eigenvalue weighted by molar-refractivity contribution is -0.274. The second-order valence-corrected chi connectivity index (χ2v) is 6.59. The van der Waals surface area contributed by atoms with Gasteiger partial charge in [0.1, 0.15) is 6.10 Å². The fraction of sp³-hybridized carbons (Fsp3) is 0.368. The van der Waals surface area contributed by atoms with Crippen LogP contribution in [0.4, 0.5) is 0 Å². The molecule has 3 rings (SSSR count). The van der Waals surface area contributed by atoms with Gasteiger partial charge in [-0.3, -0.25) is 4.79 Å². The van der Waals surface area contributed by atoms with E-state index in [1.54, 1.807) is 30.3 Å². The largest absolute Gasteiger partial charge is 0.432 e. The number of hydrogen-bond donors (Lipinski definition) is 0.